The topological polar surface area (TPSA) is 83.5 Å². The summed E-state index contributed by atoms with van der Waals surface area (Å²) in [5.41, 5.74) is 1.42. The third kappa shape index (κ3) is 4.88. The van der Waals surface area contributed by atoms with Gasteiger partial charge in [0.2, 0.25) is 5.91 Å². The molecular weight excluding hydrogens is 458 g/mol. The van der Waals surface area contributed by atoms with Gasteiger partial charge in [0.1, 0.15) is 5.75 Å². The van der Waals surface area contributed by atoms with Crippen LogP contribution in [0.3, 0.4) is 0 Å². The van der Waals surface area contributed by atoms with E-state index in [9.17, 15) is 18.3 Å². The van der Waals surface area contributed by atoms with Crippen LogP contribution in [0.4, 0.5) is 0 Å². The van der Waals surface area contributed by atoms with Gasteiger partial charge < -0.3 is 5.11 Å². The molecule has 0 aliphatic carbocycles. The Bertz CT molecular complexity index is 1660. The number of rotatable bonds is 6. The van der Waals surface area contributed by atoms with Crippen LogP contribution in [0.15, 0.2) is 114 Å². The molecule has 0 radical (unpaired) electrons. The molecule has 1 atom stereocenters. The molecule has 6 heteroatoms. The van der Waals surface area contributed by atoms with E-state index in [1.165, 1.54) is 6.07 Å². The highest BCUT2D eigenvalue weighted by Crippen LogP contribution is 2.27. The molecule has 2 N–H and O–H groups in total. The molecular formula is C29H23NO4S. The third-order valence-corrected chi connectivity index (χ3v) is 7.45. The van der Waals surface area contributed by atoms with Gasteiger partial charge in [-0.25, -0.2) is 13.1 Å². The number of amides is 1. The van der Waals surface area contributed by atoms with Crippen LogP contribution in [0.2, 0.25) is 0 Å². The van der Waals surface area contributed by atoms with Crippen LogP contribution in [0.1, 0.15) is 17.0 Å². The normalized spacial score (nSPS) is 12.5. The maximum absolute atomic E-state index is 13.5. The number of nitrogens with one attached hydrogen (secondary N) is 1. The SMILES string of the molecule is O=C(NS(=O)(=O)c1ccc2ccccc2c1)C(Cc1cccc(O)c1)c1ccc2ccccc2c1. The zero-order chi connectivity index (χ0) is 24.4. The molecule has 0 saturated heterocycles. The molecule has 5 rings (SSSR count). The Morgan fingerprint density at radius 2 is 1.34 bits per heavy atom. The number of phenols is 1. The standard InChI is InChI=1S/C29H23NO4S/c31-26-11-5-6-20(16-26)17-28(25-13-12-21-7-1-3-9-23(21)18-25)29(32)30-35(33,34)27-15-14-22-8-2-4-10-24(22)19-27/h1-16,18-19,28,31H,17H2,(H,30,32). The van der Waals surface area contributed by atoms with Gasteiger partial charge in [-0.15, -0.1) is 0 Å². The maximum atomic E-state index is 13.5. The highest BCUT2D eigenvalue weighted by atomic mass is 32.2. The lowest BCUT2D eigenvalue weighted by atomic mass is 9.90. The number of phenolic OH excluding ortho intramolecular Hbond substituents is 1. The molecule has 0 saturated carbocycles. The summed E-state index contributed by atoms with van der Waals surface area (Å²) in [6.45, 7) is 0. The van der Waals surface area contributed by atoms with Gasteiger partial charge in [-0.05, 0) is 63.4 Å². The highest BCUT2D eigenvalue weighted by molar-refractivity contribution is 7.90. The fourth-order valence-electron chi connectivity index (χ4n) is 4.30. The molecule has 1 amide bonds. The molecule has 0 fully saturated rings. The Labute approximate surface area is 203 Å². The monoisotopic (exact) mass is 481 g/mol. The van der Waals surface area contributed by atoms with E-state index in [4.69, 9.17) is 0 Å². The van der Waals surface area contributed by atoms with Crippen molar-refractivity contribution in [3.05, 3.63) is 120 Å². The Morgan fingerprint density at radius 3 is 2.03 bits per heavy atom. The molecule has 0 aromatic heterocycles. The molecule has 0 heterocycles. The van der Waals surface area contributed by atoms with Gasteiger partial charge in [-0.1, -0.05) is 84.9 Å². The number of fused-ring (bicyclic) bond motifs is 2. The summed E-state index contributed by atoms with van der Waals surface area (Å²) in [5, 5.41) is 13.6. The maximum Gasteiger partial charge on any atom is 0.264 e. The van der Waals surface area contributed by atoms with Crippen molar-refractivity contribution in [2.75, 3.05) is 0 Å². The van der Waals surface area contributed by atoms with Crippen molar-refractivity contribution in [2.45, 2.75) is 17.2 Å². The summed E-state index contributed by atoms with van der Waals surface area (Å²) >= 11 is 0. The van der Waals surface area contributed by atoms with E-state index in [0.29, 0.717) is 5.56 Å². The average molecular weight is 482 g/mol. The fourth-order valence-corrected chi connectivity index (χ4v) is 5.36. The number of benzene rings is 5. The smallest absolute Gasteiger partial charge is 0.264 e. The van der Waals surface area contributed by atoms with E-state index in [0.717, 1.165) is 27.1 Å². The van der Waals surface area contributed by atoms with Gasteiger partial charge in [0.15, 0.2) is 0 Å². The zero-order valence-electron chi connectivity index (χ0n) is 18.8. The summed E-state index contributed by atoms with van der Waals surface area (Å²) < 4.78 is 28.6. The van der Waals surface area contributed by atoms with Crippen LogP contribution in [-0.2, 0) is 21.2 Å². The third-order valence-electron chi connectivity index (χ3n) is 6.11. The van der Waals surface area contributed by atoms with Crippen molar-refractivity contribution < 1.29 is 18.3 Å². The van der Waals surface area contributed by atoms with Crippen molar-refractivity contribution in [2.24, 2.45) is 0 Å². The van der Waals surface area contributed by atoms with Gasteiger partial charge in [-0.2, -0.15) is 0 Å². The first-order valence-electron chi connectivity index (χ1n) is 11.2. The quantitative estimate of drug-likeness (QED) is 0.334. The van der Waals surface area contributed by atoms with Gasteiger partial charge >= 0.3 is 0 Å². The molecule has 5 nitrogen and oxygen atoms in total. The molecule has 5 aromatic rings. The Balaban J connectivity index is 1.50. The minimum absolute atomic E-state index is 0.0270. The molecule has 0 aliphatic rings. The van der Waals surface area contributed by atoms with Crippen LogP contribution in [0.25, 0.3) is 21.5 Å². The second-order valence-corrected chi connectivity index (χ2v) is 10.2. The number of hydrogen-bond donors (Lipinski definition) is 2. The fraction of sp³-hybridized carbons (Fsp3) is 0.0690. The summed E-state index contributed by atoms with van der Waals surface area (Å²) in [7, 11) is -4.10. The van der Waals surface area contributed by atoms with E-state index in [-0.39, 0.29) is 17.1 Å². The zero-order valence-corrected chi connectivity index (χ0v) is 19.6. The lowest BCUT2D eigenvalue weighted by molar-refractivity contribution is -0.120. The molecule has 5 aromatic carbocycles. The van der Waals surface area contributed by atoms with Gasteiger partial charge in [-0.3, -0.25) is 4.79 Å². The minimum Gasteiger partial charge on any atom is -0.508 e. The summed E-state index contributed by atoms with van der Waals surface area (Å²) in [6.07, 6.45) is 0.228. The van der Waals surface area contributed by atoms with Crippen LogP contribution in [0, 0.1) is 0 Å². The van der Waals surface area contributed by atoms with Crippen molar-refractivity contribution in [1.82, 2.24) is 4.72 Å². The van der Waals surface area contributed by atoms with E-state index in [1.54, 1.807) is 36.4 Å². The van der Waals surface area contributed by atoms with Crippen molar-refractivity contribution in [3.63, 3.8) is 0 Å². The van der Waals surface area contributed by atoms with E-state index in [2.05, 4.69) is 4.72 Å². The van der Waals surface area contributed by atoms with Crippen molar-refractivity contribution in [1.29, 1.82) is 0 Å². The van der Waals surface area contributed by atoms with Gasteiger partial charge in [0.25, 0.3) is 10.0 Å². The predicted molar refractivity (Wildman–Crippen MR) is 138 cm³/mol. The predicted octanol–water partition coefficient (Wildman–Crippen LogP) is 5.53. The van der Waals surface area contributed by atoms with Crippen molar-refractivity contribution >= 4 is 37.5 Å². The van der Waals surface area contributed by atoms with Crippen LogP contribution in [-0.4, -0.2) is 19.4 Å². The molecule has 0 spiro atoms. The molecule has 174 valence electrons. The van der Waals surface area contributed by atoms with Crippen LogP contribution in [0.5, 0.6) is 5.75 Å². The second kappa shape index (κ2) is 9.24. The Hall–Kier alpha value is -4.16. The van der Waals surface area contributed by atoms with Crippen LogP contribution >= 0.6 is 0 Å². The largest absolute Gasteiger partial charge is 0.508 e. The Morgan fingerprint density at radius 1 is 0.714 bits per heavy atom. The van der Waals surface area contributed by atoms with Crippen LogP contribution < -0.4 is 4.72 Å². The molecule has 35 heavy (non-hydrogen) atoms. The average Bonchev–Trinajstić information content (AvgIpc) is 2.86. The summed E-state index contributed by atoms with van der Waals surface area (Å²) in [4.78, 5) is 13.5. The first-order valence-corrected chi connectivity index (χ1v) is 12.7. The number of sulfonamides is 1. The first kappa shape index (κ1) is 22.6. The Kier molecular flexibility index (Phi) is 5.97. The van der Waals surface area contributed by atoms with E-state index < -0.39 is 21.8 Å². The lowest BCUT2D eigenvalue weighted by Crippen LogP contribution is -2.35. The number of carbonyl (C=O) groups is 1. The molecule has 0 bridgehead atoms. The van der Waals surface area contributed by atoms with Gasteiger partial charge in [0, 0.05) is 0 Å². The first-order chi connectivity index (χ1) is 16.9. The number of aromatic hydroxyl groups is 1. The number of hydrogen-bond acceptors (Lipinski definition) is 4. The second-order valence-electron chi connectivity index (χ2n) is 8.51. The van der Waals surface area contributed by atoms with Gasteiger partial charge in [0.05, 0.1) is 10.8 Å². The lowest BCUT2D eigenvalue weighted by Gasteiger charge is -2.18. The van der Waals surface area contributed by atoms with Crippen molar-refractivity contribution in [3.8, 4) is 5.75 Å². The molecule has 0 aliphatic heterocycles. The highest BCUT2D eigenvalue weighted by Gasteiger charge is 2.27. The van der Waals surface area contributed by atoms with E-state index >= 15 is 0 Å². The number of carbonyl (C=O) groups excluding carboxylic acids is 1. The summed E-state index contributed by atoms with van der Waals surface area (Å²) in [6, 6.07) is 32.3. The molecule has 1 unspecified atom stereocenters. The minimum atomic E-state index is -4.10. The van der Waals surface area contributed by atoms with E-state index in [1.807, 2.05) is 66.7 Å². The summed E-state index contributed by atoms with van der Waals surface area (Å²) in [5.74, 6) is -1.32.